The van der Waals surface area contributed by atoms with Crippen LogP contribution in [0, 0.1) is 17.6 Å². The molecular weight excluding hydrogens is 765 g/mol. The molecule has 1 aliphatic rings. The van der Waals surface area contributed by atoms with Crippen LogP contribution in [-0.2, 0) is 0 Å². The fourth-order valence-electron chi connectivity index (χ4n) is 9.57. The SMILES string of the molecule is C=C/C=C\C=C\c1nc(/C=C/c2c(C)c(/C=C\C)c(C3Nc4cc5ccccc5cc4-c4c3ccc3ccccc43)c3ccccc23)c(C=C)/c(=c2\oc3ccccc3c2=C)c1=C. The van der Waals surface area contributed by atoms with Crippen molar-refractivity contribution in [1.82, 2.24) is 4.98 Å². The highest BCUT2D eigenvalue weighted by Crippen LogP contribution is 2.50. The topological polar surface area (TPSA) is 38.1 Å². The Labute approximate surface area is 367 Å². The summed E-state index contributed by atoms with van der Waals surface area (Å²) in [6.45, 7) is 21.5. The molecule has 2 aromatic heterocycles. The lowest BCUT2D eigenvalue weighted by molar-refractivity contribution is 0.577. The van der Waals surface area contributed by atoms with Gasteiger partial charge in [0.05, 0.1) is 17.4 Å². The van der Waals surface area contributed by atoms with Gasteiger partial charge in [-0.1, -0.05) is 178 Å². The molecule has 1 N–H and O–H groups in total. The van der Waals surface area contributed by atoms with Crippen molar-refractivity contribution in [3.8, 4) is 11.1 Å². The number of hydrogen-bond acceptors (Lipinski definition) is 3. The minimum Gasteiger partial charge on any atom is -0.455 e. The predicted molar refractivity (Wildman–Crippen MR) is 272 cm³/mol. The number of nitrogens with zero attached hydrogens (tertiary/aromatic N) is 1. The van der Waals surface area contributed by atoms with Crippen LogP contribution >= 0.6 is 0 Å². The monoisotopic (exact) mass is 810 g/mol. The van der Waals surface area contributed by atoms with Crippen LogP contribution in [0.2, 0.25) is 0 Å². The molecule has 0 aliphatic carbocycles. The van der Waals surface area contributed by atoms with E-state index >= 15 is 0 Å². The first kappa shape index (κ1) is 39.1. The van der Waals surface area contributed by atoms with E-state index < -0.39 is 0 Å². The number of furan rings is 1. The van der Waals surface area contributed by atoms with Gasteiger partial charge >= 0.3 is 0 Å². The summed E-state index contributed by atoms with van der Waals surface area (Å²) < 4.78 is 6.54. The normalized spacial score (nSPS) is 14.4. The zero-order chi connectivity index (χ0) is 43.2. The number of hydrogen-bond donors (Lipinski definition) is 1. The molecule has 10 rings (SSSR count). The third-order valence-corrected chi connectivity index (χ3v) is 12.5. The van der Waals surface area contributed by atoms with Crippen LogP contribution < -0.4 is 15.8 Å². The molecule has 1 aliphatic heterocycles. The summed E-state index contributed by atoms with van der Waals surface area (Å²) in [6.07, 6.45) is 20.1. The molecular formula is C60H46N2O. The van der Waals surface area contributed by atoms with E-state index in [1.807, 2.05) is 54.6 Å². The van der Waals surface area contributed by atoms with Crippen molar-refractivity contribution in [3.63, 3.8) is 0 Å². The summed E-state index contributed by atoms with van der Waals surface area (Å²) in [5.41, 5.74) is 13.3. The van der Waals surface area contributed by atoms with Crippen molar-refractivity contribution in [1.29, 1.82) is 0 Å². The quantitative estimate of drug-likeness (QED) is 0.155. The third-order valence-electron chi connectivity index (χ3n) is 12.5. The fourth-order valence-corrected chi connectivity index (χ4v) is 9.57. The maximum Gasteiger partial charge on any atom is 0.143 e. The molecule has 302 valence electrons. The van der Waals surface area contributed by atoms with Crippen LogP contribution in [0.15, 0.2) is 169 Å². The first-order valence-electron chi connectivity index (χ1n) is 21.4. The fraction of sp³-hybridized carbons (Fsp3) is 0.0500. The van der Waals surface area contributed by atoms with E-state index in [1.165, 1.54) is 60.3 Å². The largest absolute Gasteiger partial charge is 0.455 e. The number of rotatable bonds is 8. The Morgan fingerprint density at radius 2 is 1.32 bits per heavy atom. The van der Waals surface area contributed by atoms with Crippen LogP contribution in [0.4, 0.5) is 5.69 Å². The second kappa shape index (κ2) is 16.1. The molecule has 0 fully saturated rings. The molecule has 0 radical (unpaired) electrons. The molecule has 1 unspecified atom stereocenters. The van der Waals surface area contributed by atoms with Crippen molar-refractivity contribution in [2.24, 2.45) is 0 Å². The molecule has 0 saturated carbocycles. The molecule has 0 spiro atoms. The van der Waals surface area contributed by atoms with E-state index in [4.69, 9.17) is 9.40 Å². The Morgan fingerprint density at radius 1 is 0.619 bits per heavy atom. The van der Waals surface area contributed by atoms with E-state index in [1.54, 1.807) is 6.08 Å². The maximum atomic E-state index is 6.54. The molecule has 7 aromatic carbocycles. The molecule has 3 nitrogen and oxygen atoms in total. The van der Waals surface area contributed by atoms with Crippen LogP contribution in [-0.4, -0.2) is 4.98 Å². The zero-order valence-electron chi connectivity index (χ0n) is 35.6. The smallest absolute Gasteiger partial charge is 0.143 e. The van der Waals surface area contributed by atoms with Crippen LogP contribution in [0.25, 0.3) is 98.0 Å². The lowest BCUT2D eigenvalue weighted by Gasteiger charge is -2.34. The van der Waals surface area contributed by atoms with Crippen molar-refractivity contribution >= 4 is 92.5 Å². The van der Waals surface area contributed by atoms with Crippen molar-refractivity contribution < 1.29 is 4.42 Å². The molecule has 0 amide bonds. The molecule has 0 bridgehead atoms. The number of para-hydroxylation sites is 1. The lowest BCUT2D eigenvalue weighted by Crippen LogP contribution is -2.20. The number of fused-ring (bicyclic) bond motifs is 8. The van der Waals surface area contributed by atoms with E-state index in [-0.39, 0.29) is 6.04 Å². The standard InChI is InChI=1S/C60H46N2O/c1-7-10-11-12-29-52-39(6)56(60-38(5)45-25-19-20-30-55(45)63-60)43(9-3)53(61-52)34-33-44-37(4)46(21-8-2)58(49-28-18-17-27-48(44)49)59-50-32-31-40-22-15-16-26-47(40)57(50)51-35-41-23-13-14-24-42(41)36-54(51)62-59/h7-36,59,62H,1,3,5-6H2,2,4H3/b11-10-,21-8-,29-12+,34-33+,60-56-. The average Bonchev–Trinajstić information content (AvgIpc) is 3.65. The van der Waals surface area contributed by atoms with Crippen molar-refractivity contribution in [3.05, 3.63) is 231 Å². The Kier molecular flexibility index (Phi) is 10.0. The van der Waals surface area contributed by atoms with E-state index in [2.05, 4.69) is 167 Å². The number of nitrogens with one attached hydrogen (secondary N) is 1. The van der Waals surface area contributed by atoms with Gasteiger partial charge in [0.1, 0.15) is 11.0 Å². The van der Waals surface area contributed by atoms with E-state index in [9.17, 15) is 0 Å². The molecule has 63 heavy (non-hydrogen) atoms. The first-order valence-corrected chi connectivity index (χ1v) is 21.4. The minimum absolute atomic E-state index is 0.127. The minimum atomic E-state index is -0.127. The van der Waals surface area contributed by atoms with E-state index in [0.29, 0.717) is 5.42 Å². The number of pyridine rings is 1. The summed E-state index contributed by atoms with van der Waals surface area (Å²) in [4.78, 5) is 5.22. The molecule has 3 heteroatoms. The summed E-state index contributed by atoms with van der Waals surface area (Å²) in [5.74, 6) is 0. The summed E-state index contributed by atoms with van der Waals surface area (Å²) in [7, 11) is 0. The molecule has 1 atom stereocenters. The molecule has 0 saturated heterocycles. The number of allylic oxidation sites excluding steroid dienone is 5. The summed E-state index contributed by atoms with van der Waals surface area (Å²) >= 11 is 0. The Hall–Kier alpha value is -8.01. The number of benzene rings is 7. The van der Waals surface area contributed by atoms with Gasteiger partial charge in [-0.05, 0) is 110 Å². The Morgan fingerprint density at radius 3 is 2.06 bits per heavy atom. The van der Waals surface area contributed by atoms with Gasteiger partial charge in [0.25, 0.3) is 0 Å². The van der Waals surface area contributed by atoms with Gasteiger partial charge < -0.3 is 9.73 Å². The molecule has 3 heterocycles. The maximum absolute atomic E-state index is 6.54. The Bertz CT molecular complexity index is 3710. The van der Waals surface area contributed by atoms with Crippen molar-refractivity contribution in [2.45, 2.75) is 19.9 Å². The van der Waals surface area contributed by atoms with Gasteiger partial charge in [0.2, 0.25) is 0 Å². The first-order chi connectivity index (χ1) is 30.9. The number of aromatic nitrogens is 1. The van der Waals surface area contributed by atoms with Gasteiger partial charge in [-0.2, -0.15) is 0 Å². The van der Waals surface area contributed by atoms with Gasteiger partial charge in [-0.15, -0.1) is 0 Å². The van der Waals surface area contributed by atoms with Gasteiger partial charge in [-0.25, -0.2) is 4.98 Å². The highest BCUT2D eigenvalue weighted by Gasteiger charge is 2.31. The lowest BCUT2D eigenvalue weighted by atomic mass is 9.78. The van der Waals surface area contributed by atoms with Crippen LogP contribution in [0.3, 0.4) is 0 Å². The summed E-state index contributed by atoms with van der Waals surface area (Å²) in [5, 5.41) is 14.7. The highest BCUT2D eigenvalue weighted by atomic mass is 16.3. The zero-order valence-corrected chi connectivity index (χ0v) is 35.6. The van der Waals surface area contributed by atoms with Crippen molar-refractivity contribution in [2.75, 3.05) is 5.32 Å². The number of anilines is 1. The predicted octanol–water partition coefficient (Wildman–Crippen LogP) is 14.5. The third kappa shape index (κ3) is 6.57. The van der Waals surface area contributed by atoms with Gasteiger partial charge in [0, 0.05) is 37.9 Å². The van der Waals surface area contributed by atoms with Gasteiger partial charge in [0.15, 0.2) is 0 Å². The molecule has 9 aromatic rings. The summed E-state index contributed by atoms with van der Waals surface area (Å²) in [6, 6.07) is 43.3. The Balaban J connectivity index is 1.22. The van der Waals surface area contributed by atoms with Crippen LogP contribution in [0.5, 0.6) is 0 Å². The van der Waals surface area contributed by atoms with E-state index in [0.717, 1.165) is 60.2 Å². The highest BCUT2D eigenvalue weighted by molar-refractivity contribution is 6.08. The van der Waals surface area contributed by atoms with Crippen LogP contribution in [0.1, 0.15) is 57.7 Å². The second-order valence-electron chi connectivity index (χ2n) is 16.1. The second-order valence-corrected chi connectivity index (χ2v) is 16.1. The average molecular weight is 811 g/mol. The van der Waals surface area contributed by atoms with Gasteiger partial charge in [-0.3, -0.25) is 0 Å².